The number of halogens is 4. The second-order valence-corrected chi connectivity index (χ2v) is 4.84. The van der Waals surface area contributed by atoms with Crippen molar-refractivity contribution in [3.05, 3.63) is 27.2 Å². The maximum atomic E-state index is 14.0. The summed E-state index contributed by atoms with van der Waals surface area (Å²) in [6.07, 6.45) is 0.125. The highest BCUT2D eigenvalue weighted by atomic mass is 35.5. The van der Waals surface area contributed by atoms with E-state index in [1.807, 2.05) is 19.2 Å². The Morgan fingerprint density at radius 2 is 1.68 bits per heavy atom. The van der Waals surface area contributed by atoms with Crippen LogP contribution in [0.5, 0.6) is 0 Å². The van der Waals surface area contributed by atoms with E-state index >= 15 is 0 Å². The summed E-state index contributed by atoms with van der Waals surface area (Å²) in [5.41, 5.74) is -0.302. The highest BCUT2D eigenvalue weighted by Gasteiger charge is 2.23. The molecule has 2 amide bonds. The third-order valence-corrected chi connectivity index (χ3v) is 3.63. The van der Waals surface area contributed by atoms with E-state index in [0.29, 0.717) is 0 Å². The van der Waals surface area contributed by atoms with Crippen LogP contribution < -0.4 is 10.2 Å². The van der Waals surface area contributed by atoms with Gasteiger partial charge in [-0.3, -0.25) is 14.9 Å². The minimum atomic E-state index is -0.940. The average Bonchev–Trinajstić information content (AvgIpc) is 2.51. The van der Waals surface area contributed by atoms with Crippen LogP contribution in [0.25, 0.3) is 0 Å². The van der Waals surface area contributed by atoms with Crippen molar-refractivity contribution in [3.8, 4) is 0 Å². The summed E-state index contributed by atoms with van der Waals surface area (Å²) in [5, 5.41) is 1.39. The lowest BCUT2D eigenvalue weighted by molar-refractivity contribution is -0.125. The lowest BCUT2D eigenvalue weighted by Crippen LogP contribution is -2.29. The number of benzene rings is 1. The van der Waals surface area contributed by atoms with Gasteiger partial charge in [0, 0.05) is 20.0 Å². The Balaban J connectivity index is 0.00000211. The van der Waals surface area contributed by atoms with E-state index in [9.17, 15) is 18.4 Å². The SMILES string of the molecule is CC.Cc1c(Cl)c(F)c(N(C)CCC(=O)NC=O)c(F)c1Cl. The molecule has 0 saturated heterocycles. The van der Waals surface area contributed by atoms with Crippen molar-refractivity contribution in [2.45, 2.75) is 27.2 Å². The molecule has 0 fully saturated rings. The first kappa shape index (κ1) is 20.6. The Hall–Kier alpha value is -1.40. The minimum absolute atomic E-state index is 0.0107. The van der Waals surface area contributed by atoms with Gasteiger partial charge < -0.3 is 4.90 Å². The van der Waals surface area contributed by atoms with Crippen LogP contribution in [0.2, 0.25) is 10.0 Å². The molecule has 0 aromatic heterocycles. The molecule has 0 bridgehead atoms. The molecule has 8 heteroatoms. The maximum absolute atomic E-state index is 14.0. The van der Waals surface area contributed by atoms with E-state index in [1.54, 1.807) is 0 Å². The van der Waals surface area contributed by atoms with Crippen molar-refractivity contribution in [2.24, 2.45) is 0 Å². The third kappa shape index (κ3) is 4.81. The van der Waals surface area contributed by atoms with Crippen molar-refractivity contribution >= 4 is 41.2 Å². The molecule has 124 valence electrons. The van der Waals surface area contributed by atoms with Crippen LogP contribution in [0.1, 0.15) is 25.8 Å². The minimum Gasteiger partial charge on any atom is -0.369 e. The van der Waals surface area contributed by atoms with E-state index in [1.165, 1.54) is 18.9 Å². The Kier molecular flexibility index (Phi) is 8.97. The predicted molar refractivity (Wildman–Crippen MR) is 84.6 cm³/mol. The lowest BCUT2D eigenvalue weighted by atomic mass is 10.2. The average molecular weight is 355 g/mol. The summed E-state index contributed by atoms with van der Waals surface area (Å²) in [4.78, 5) is 22.4. The molecule has 1 rings (SSSR count). The van der Waals surface area contributed by atoms with Gasteiger partial charge in [-0.15, -0.1) is 0 Å². The zero-order chi connectivity index (χ0) is 17.4. The molecular weight excluding hydrogens is 337 g/mol. The van der Waals surface area contributed by atoms with Crippen LogP contribution in [0, 0.1) is 18.6 Å². The van der Waals surface area contributed by atoms with E-state index < -0.39 is 23.2 Å². The highest BCUT2D eigenvalue weighted by Crippen LogP contribution is 2.37. The van der Waals surface area contributed by atoms with E-state index in [4.69, 9.17) is 23.2 Å². The van der Waals surface area contributed by atoms with Crippen molar-refractivity contribution < 1.29 is 18.4 Å². The first-order chi connectivity index (χ1) is 10.3. The van der Waals surface area contributed by atoms with Gasteiger partial charge in [0.2, 0.25) is 12.3 Å². The molecule has 0 saturated carbocycles. The number of nitrogens with one attached hydrogen (secondary N) is 1. The summed E-state index contributed by atoms with van der Waals surface area (Å²) >= 11 is 11.5. The summed E-state index contributed by atoms with van der Waals surface area (Å²) in [7, 11) is 1.39. The van der Waals surface area contributed by atoms with Gasteiger partial charge in [0.05, 0.1) is 10.0 Å². The number of anilines is 1. The standard InChI is InChI=1S/C12H12Cl2F2N2O2.C2H6/c1-6-8(13)10(15)12(11(16)9(6)14)18(2)4-3-7(20)17-5-19;1-2/h5H,3-4H2,1-2H3,(H,17,19,20);1-2H3. The second kappa shape index (κ2) is 9.58. The number of imide groups is 1. The van der Waals surface area contributed by atoms with E-state index in [2.05, 4.69) is 0 Å². The zero-order valence-electron chi connectivity index (χ0n) is 12.8. The Morgan fingerprint density at radius 3 is 2.09 bits per heavy atom. The maximum Gasteiger partial charge on any atom is 0.228 e. The quantitative estimate of drug-likeness (QED) is 0.647. The molecule has 1 aromatic rings. The highest BCUT2D eigenvalue weighted by molar-refractivity contribution is 6.36. The number of amides is 2. The molecular formula is C14H18Cl2F2N2O2. The molecule has 0 atom stereocenters. The van der Waals surface area contributed by atoms with Crippen molar-refractivity contribution in [1.29, 1.82) is 0 Å². The summed E-state index contributed by atoms with van der Waals surface area (Å²) in [6.45, 7) is 5.39. The molecule has 0 spiro atoms. The molecule has 1 N–H and O–H groups in total. The number of hydrogen-bond acceptors (Lipinski definition) is 3. The topological polar surface area (TPSA) is 49.4 Å². The number of nitrogens with zero attached hydrogens (tertiary/aromatic N) is 1. The molecule has 0 radical (unpaired) electrons. The van der Waals surface area contributed by atoms with Crippen LogP contribution in [-0.2, 0) is 9.59 Å². The Labute approximate surface area is 138 Å². The molecule has 1 aromatic carbocycles. The van der Waals surface area contributed by atoms with Gasteiger partial charge in [-0.2, -0.15) is 0 Å². The number of carbonyl (C=O) groups is 2. The zero-order valence-corrected chi connectivity index (χ0v) is 14.3. The smallest absolute Gasteiger partial charge is 0.228 e. The number of hydrogen-bond donors (Lipinski definition) is 1. The lowest BCUT2D eigenvalue weighted by Gasteiger charge is -2.22. The summed E-state index contributed by atoms with van der Waals surface area (Å²) in [6, 6.07) is 0. The van der Waals surface area contributed by atoms with Crippen LogP contribution >= 0.6 is 23.2 Å². The monoisotopic (exact) mass is 354 g/mol. The largest absolute Gasteiger partial charge is 0.369 e. The summed E-state index contributed by atoms with van der Waals surface area (Å²) < 4.78 is 28.0. The van der Waals surface area contributed by atoms with E-state index in [0.717, 1.165) is 0 Å². The van der Waals surface area contributed by atoms with Crippen molar-refractivity contribution in [3.63, 3.8) is 0 Å². The normalized spacial score (nSPS) is 9.64. The van der Waals surface area contributed by atoms with Gasteiger partial charge >= 0.3 is 0 Å². The molecule has 0 aliphatic rings. The fraction of sp³-hybridized carbons (Fsp3) is 0.429. The van der Waals surface area contributed by atoms with Crippen molar-refractivity contribution in [1.82, 2.24) is 5.32 Å². The van der Waals surface area contributed by atoms with Crippen LogP contribution in [-0.4, -0.2) is 25.9 Å². The van der Waals surface area contributed by atoms with Gasteiger partial charge in [0.1, 0.15) is 5.69 Å². The predicted octanol–water partition coefficient (Wildman–Crippen LogP) is 3.71. The molecule has 0 heterocycles. The first-order valence-corrected chi connectivity index (χ1v) is 7.33. The van der Waals surface area contributed by atoms with Crippen LogP contribution in [0.15, 0.2) is 0 Å². The molecule has 0 aliphatic heterocycles. The molecule has 4 nitrogen and oxygen atoms in total. The molecule has 22 heavy (non-hydrogen) atoms. The Morgan fingerprint density at radius 1 is 1.23 bits per heavy atom. The van der Waals surface area contributed by atoms with Gasteiger partial charge in [0.15, 0.2) is 11.6 Å². The van der Waals surface area contributed by atoms with Crippen LogP contribution in [0.3, 0.4) is 0 Å². The van der Waals surface area contributed by atoms with Crippen LogP contribution in [0.4, 0.5) is 14.5 Å². The van der Waals surface area contributed by atoms with Crippen molar-refractivity contribution in [2.75, 3.05) is 18.5 Å². The molecule has 0 unspecified atom stereocenters. The van der Waals surface area contributed by atoms with Gasteiger partial charge in [0.25, 0.3) is 0 Å². The second-order valence-electron chi connectivity index (χ2n) is 4.09. The third-order valence-electron chi connectivity index (χ3n) is 2.74. The van der Waals surface area contributed by atoms with Gasteiger partial charge in [-0.25, -0.2) is 8.78 Å². The molecule has 0 aliphatic carbocycles. The fourth-order valence-corrected chi connectivity index (χ4v) is 2.00. The Bertz CT molecular complexity index is 525. The van der Waals surface area contributed by atoms with Gasteiger partial charge in [-0.05, 0) is 12.5 Å². The number of rotatable bonds is 5. The summed E-state index contributed by atoms with van der Waals surface area (Å²) in [5.74, 6) is -2.44. The first-order valence-electron chi connectivity index (χ1n) is 6.58. The van der Waals surface area contributed by atoms with E-state index in [-0.39, 0.29) is 35.0 Å². The number of carbonyl (C=O) groups excluding carboxylic acids is 2. The fourth-order valence-electron chi connectivity index (χ4n) is 1.58. The van der Waals surface area contributed by atoms with Gasteiger partial charge in [-0.1, -0.05) is 37.0 Å².